The quantitative estimate of drug-likeness (QED) is 0.577. The van der Waals surface area contributed by atoms with Crippen molar-refractivity contribution in [1.29, 1.82) is 0 Å². The van der Waals surface area contributed by atoms with Crippen LogP contribution in [0.15, 0.2) is 16.6 Å². The molecule has 0 saturated heterocycles. The van der Waals surface area contributed by atoms with Gasteiger partial charge in [-0.3, -0.25) is 0 Å². The molecule has 0 amide bonds. The van der Waals surface area contributed by atoms with Crippen LogP contribution in [0.4, 0.5) is 8.78 Å². The Morgan fingerprint density at radius 2 is 2.00 bits per heavy atom. The van der Waals surface area contributed by atoms with E-state index in [0.29, 0.717) is 24.7 Å². The Morgan fingerprint density at radius 3 is 2.67 bits per heavy atom. The molecule has 2 atom stereocenters. The van der Waals surface area contributed by atoms with Gasteiger partial charge in [0.2, 0.25) is 0 Å². The van der Waals surface area contributed by atoms with E-state index in [1.54, 1.807) is 0 Å². The van der Waals surface area contributed by atoms with Gasteiger partial charge in [0.05, 0.1) is 10.1 Å². The highest BCUT2D eigenvalue weighted by molar-refractivity contribution is 9.10. The highest BCUT2D eigenvalue weighted by Crippen LogP contribution is 2.37. The van der Waals surface area contributed by atoms with Gasteiger partial charge >= 0.3 is 0 Å². The number of benzene rings is 1. The lowest BCUT2D eigenvalue weighted by Gasteiger charge is -2.27. The second kappa shape index (κ2) is 6.74. The van der Waals surface area contributed by atoms with Crippen molar-refractivity contribution in [3.05, 3.63) is 33.8 Å². The van der Waals surface area contributed by atoms with Crippen molar-refractivity contribution >= 4 is 15.9 Å². The van der Waals surface area contributed by atoms with Gasteiger partial charge < -0.3 is 5.11 Å². The molecule has 0 aliphatic heterocycles. The Kier molecular flexibility index (Phi) is 5.42. The van der Waals surface area contributed by atoms with Gasteiger partial charge in [0.1, 0.15) is 11.6 Å². The summed E-state index contributed by atoms with van der Waals surface area (Å²) < 4.78 is 28.2. The van der Waals surface area contributed by atoms with Crippen LogP contribution < -0.4 is 0 Å². The lowest BCUT2D eigenvalue weighted by atomic mass is 9.85. The summed E-state index contributed by atoms with van der Waals surface area (Å²) in [5.74, 6) is 0.0183. The first kappa shape index (κ1) is 16.9. The van der Waals surface area contributed by atoms with Crippen LogP contribution in [0, 0.1) is 23.5 Å². The van der Waals surface area contributed by atoms with Crippen LogP contribution in [0.5, 0.6) is 0 Å². The number of hydrogen-bond acceptors (Lipinski definition) is 1. The zero-order chi connectivity index (χ0) is 15.6. The molecule has 1 fully saturated rings. The van der Waals surface area contributed by atoms with Crippen LogP contribution in [-0.4, -0.2) is 10.7 Å². The van der Waals surface area contributed by atoms with E-state index in [0.717, 1.165) is 19.3 Å². The molecule has 1 aromatic carbocycles. The van der Waals surface area contributed by atoms with E-state index in [1.165, 1.54) is 12.1 Å². The van der Waals surface area contributed by atoms with Gasteiger partial charge in [-0.15, -0.1) is 0 Å². The molecule has 118 valence electrons. The van der Waals surface area contributed by atoms with Gasteiger partial charge in [-0.2, -0.15) is 0 Å². The third kappa shape index (κ3) is 4.04. The lowest BCUT2D eigenvalue weighted by Crippen LogP contribution is -2.31. The fraction of sp³-hybridized carbons (Fsp3) is 0.647. The molecule has 4 heteroatoms. The SMILES string of the molecule is CC(C)C1CCCC(O)(Cc2c(F)ccc(Br)c2F)CC1. The summed E-state index contributed by atoms with van der Waals surface area (Å²) in [4.78, 5) is 0. The van der Waals surface area contributed by atoms with Gasteiger partial charge in [0.15, 0.2) is 0 Å². The molecule has 1 aliphatic rings. The number of hydrogen-bond donors (Lipinski definition) is 1. The van der Waals surface area contributed by atoms with Crippen LogP contribution in [0.2, 0.25) is 0 Å². The zero-order valence-electron chi connectivity index (χ0n) is 12.6. The largest absolute Gasteiger partial charge is 0.390 e. The summed E-state index contributed by atoms with van der Waals surface area (Å²) >= 11 is 3.08. The normalized spacial score (nSPS) is 26.9. The molecule has 0 heterocycles. The standard InChI is InChI=1S/C17H23BrF2O/c1-11(2)12-4-3-8-17(21,9-7-12)10-13-15(19)6-5-14(18)16(13)20/h5-6,11-12,21H,3-4,7-10H2,1-2H3. The monoisotopic (exact) mass is 360 g/mol. The molecule has 1 aliphatic carbocycles. The molecular formula is C17H23BrF2O. The molecule has 0 bridgehead atoms. The molecule has 0 spiro atoms. The Morgan fingerprint density at radius 1 is 1.29 bits per heavy atom. The minimum atomic E-state index is -0.994. The van der Waals surface area contributed by atoms with Gasteiger partial charge in [0.25, 0.3) is 0 Å². The maximum Gasteiger partial charge on any atom is 0.143 e. The fourth-order valence-electron chi connectivity index (χ4n) is 3.32. The Balaban J connectivity index is 2.17. The second-order valence-electron chi connectivity index (χ2n) is 6.66. The summed E-state index contributed by atoms with van der Waals surface area (Å²) in [6, 6.07) is 2.61. The third-order valence-electron chi connectivity index (χ3n) is 4.79. The van der Waals surface area contributed by atoms with Crippen molar-refractivity contribution in [3.63, 3.8) is 0 Å². The first-order valence-corrected chi connectivity index (χ1v) is 8.46. The van der Waals surface area contributed by atoms with Crippen molar-refractivity contribution in [1.82, 2.24) is 0 Å². The third-order valence-corrected chi connectivity index (χ3v) is 5.40. The summed E-state index contributed by atoms with van der Waals surface area (Å²) in [5.41, 5.74) is -0.999. The highest BCUT2D eigenvalue weighted by Gasteiger charge is 2.33. The van der Waals surface area contributed by atoms with Crippen LogP contribution >= 0.6 is 15.9 Å². The molecule has 1 aromatic rings. The Hall–Kier alpha value is -0.480. The van der Waals surface area contributed by atoms with Crippen molar-refractivity contribution in [3.8, 4) is 0 Å². The van der Waals surface area contributed by atoms with Crippen LogP contribution in [0.25, 0.3) is 0 Å². The van der Waals surface area contributed by atoms with E-state index in [9.17, 15) is 13.9 Å². The molecule has 1 N–H and O–H groups in total. The van der Waals surface area contributed by atoms with Crippen molar-refractivity contribution in [2.75, 3.05) is 0 Å². The smallest absolute Gasteiger partial charge is 0.143 e. The highest BCUT2D eigenvalue weighted by atomic mass is 79.9. The minimum Gasteiger partial charge on any atom is -0.390 e. The lowest BCUT2D eigenvalue weighted by molar-refractivity contribution is 0.0220. The topological polar surface area (TPSA) is 20.2 Å². The van der Waals surface area contributed by atoms with E-state index >= 15 is 0 Å². The fourth-order valence-corrected chi connectivity index (χ4v) is 3.69. The molecule has 1 saturated carbocycles. The van der Waals surface area contributed by atoms with E-state index < -0.39 is 17.2 Å². The molecule has 2 unspecified atom stereocenters. The molecule has 0 radical (unpaired) electrons. The van der Waals surface area contributed by atoms with Crippen LogP contribution in [0.3, 0.4) is 0 Å². The second-order valence-corrected chi connectivity index (χ2v) is 7.51. The maximum absolute atomic E-state index is 14.1. The number of rotatable bonds is 3. The predicted molar refractivity (Wildman–Crippen MR) is 84.1 cm³/mol. The van der Waals surface area contributed by atoms with E-state index in [1.807, 2.05) is 0 Å². The van der Waals surface area contributed by atoms with E-state index in [-0.39, 0.29) is 16.5 Å². The minimum absolute atomic E-state index is 0.00475. The van der Waals surface area contributed by atoms with Crippen molar-refractivity contribution in [2.45, 2.75) is 58.0 Å². The van der Waals surface area contributed by atoms with Gasteiger partial charge in [-0.05, 0) is 59.2 Å². The summed E-state index contributed by atoms with van der Waals surface area (Å²) in [6.45, 7) is 4.39. The molecule has 1 nitrogen and oxygen atoms in total. The van der Waals surface area contributed by atoms with E-state index in [4.69, 9.17) is 0 Å². The number of aliphatic hydroxyl groups is 1. The maximum atomic E-state index is 14.1. The van der Waals surface area contributed by atoms with E-state index in [2.05, 4.69) is 29.8 Å². The first-order valence-electron chi connectivity index (χ1n) is 7.67. The van der Waals surface area contributed by atoms with Crippen molar-refractivity contribution in [2.24, 2.45) is 11.8 Å². The predicted octanol–water partition coefficient (Wildman–Crippen LogP) is 5.24. The molecular weight excluding hydrogens is 338 g/mol. The summed E-state index contributed by atoms with van der Waals surface area (Å²) in [7, 11) is 0. The Labute approximate surface area is 133 Å². The van der Waals surface area contributed by atoms with Crippen LogP contribution in [0.1, 0.15) is 51.5 Å². The van der Waals surface area contributed by atoms with Gasteiger partial charge in [0, 0.05) is 12.0 Å². The Bertz CT molecular complexity index is 504. The van der Waals surface area contributed by atoms with Gasteiger partial charge in [-0.25, -0.2) is 8.78 Å². The van der Waals surface area contributed by atoms with Crippen molar-refractivity contribution < 1.29 is 13.9 Å². The zero-order valence-corrected chi connectivity index (χ0v) is 14.2. The summed E-state index contributed by atoms with van der Waals surface area (Å²) in [5, 5.41) is 10.8. The first-order chi connectivity index (χ1) is 9.82. The number of halogens is 3. The molecule has 2 rings (SSSR count). The average molecular weight is 361 g/mol. The van der Waals surface area contributed by atoms with Gasteiger partial charge in [-0.1, -0.05) is 26.7 Å². The van der Waals surface area contributed by atoms with Crippen LogP contribution in [-0.2, 0) is 6.42 Å². The average Bonchev–Trinajstić information content (AvgIpc) is 2.62. The molecule has 0 aromatic heterocycles. The molecule has 21 heavy (non-hydrogen) atoms. The summed E-state index contributed by atoms with van der Waals surface area (Å²) in [6.07, 6.45) is 4.20.